The molecule has 4 rings (SSSR count). The summed E-state index contributed by atoms with van der Waals surface area (Å²) in [5, 5.41) is 5.21. The van der Waals surface area contributed by atoms with Crippen molar-refractivity contribution < 1.29 is 4.79 Å². The second kappa shape index (κ2) is 5.99. The van der Waals surface area contributed by atoms with Crippen LogP contribution in [0.1, 0.15) is 42.5 Å². The van der Waals surface area contributed by atoms with Gasteiger partial charge in [0, 0.05) is 22.4 Å². The number of aromatic nitrogens is 1. The molecule has 1 amide bonds. The molecule has 2 aromatic carbocycles. The minimum Gasteiger partial charge on any atom is -0.349 e. The van der Waals surface area contributed by atoms with Crippen molar-refractivity contribution in [2.75, 3.05) is 0 Å². The molecule has 3 heteroatoms. The molecule has 3 aromatic rings. The maximum atomic E-state index is 12.7. The molecule has 1 N–H and O–H groups in total. The molecule has 116 valence electrons. The fraction of sp³-hybridized carbons (Fsp3) is 0.300. The van der Waals surface area contributed by atoms with Crippen LogP contribution >= 0.6 is 0 Å². The number of para-hydroxylation sites is 1. The third-order valence-electron chi connectivity index (χ3n) is 4.75. The van der Waals surface area contributed by atoms with Gasteiger partial charge in [-0.1, -0.05) is 43.5 Å². The first-order chi connectivity index (χ1) is 11.3. The van der Waals surface area contributed by atoms with Crippen LogP contribution in [0, 0.1) is 0 Å². The van der Waals surface area contributed by atoms with E-state index < -0.39 is 0 Å². The van der Waals surface area contributed by atoms with E-state index in [1.54, 1.807) is 0 Å². The zero-order chi connectivity index (χ0) is 15.6. The monoisotopic (exact) mass is 304 g/mol. The Morgan fingerprint density at radius 1 is 0.957 bits per heavy atom. The van der Waals surface area contributed by atoms with Crippen LogP contribution in [0.5, 0.6) is 0 Å². The molecule has 0 unspecified atom stereocenters. The Labute approximate surface area is 135 Å². The molecule has 0 aliphatic heterocycles. The van der Waals surface area contributed by atoms with Gasteiger partial charge in [0.2, 0.25) is 0 Å². The summed E-state index contributed by atoms with van der Waals surface area (Å²) in [4.78, 5) is 17.4. The average molecular weight is 304 g/mol. The van der Waals surface area contributed by atoms with Crippen LogP contribution in [0.15, 0.2) is 48.5 Å². The lowest BCUT2D eigenvalue weighted by Crippen LogP contribution is -2.36. The summed E-state index contributed by atoms with van der Waals surface area (Å²) < 4.78 is 0. The van der Waals surface area contributed by atoms with Crippen molar-refractivity contribution >= 4 is 27.7 Å². The molecule has 23 heavy (non-hydrogen) atoms. The first-order valence-electron chi connectivity index (χ1n) is 8.41. The largest absolute Gasteiger partial charge is 0.349 e. The summed E-state index contributed by atoms with van der Waals surface area (Å²) in [6.45, 7) is 0. The first kappa shape index (κ1) is 14.2. The number of nitrogens with one attached hydrogen (secondary N) is 1. The molecular formula is C20H20N2O. The van der Waals surface area contributed by atoms with Crippen LogP contribution in [0.2, 0.25) is 0 Å². The van der Waals surface area contributed by atoms with Crippen molar-refractivity contribution in [2.24, 2.45) is 0 Å². The summed E-state index contributed by atoms with van der Waals surface area (Å²) in [6.07, 6.45) is 5.91. The van der Waals surface area contributed by atoms with E-state index in [-0.39, 0.29) is 5.91 Å². The minimum atomic E-state index is 0.0274. The predicted octanol–water partition coefficient (Wildman–Crippen LogP) is 4.45. The van der Waals surface area contributed by atoms with Crippen molar-refractivity contribution in [3.63, 3.8) is 0 Å². The zero-order valence-corrected chi connectivity index (χ0v) is 13.1. The molecule has 1 heterocycles. The molecule has 0 spiro atoms. The van der Waals surface area contributed by atoms with Gasteiger partial charge in [-0.3, -0.25) is 4.79 Å². The molecule has 0 atom stereocenters. The number of rotatable bonds is 2. The molecule has 1 fully saturated rings. The third kappa shape index (κ3) is 2.79. The van der Waals surface area contributed by atoms with E-state index in [9.17, 15) is 4.79 Å². The van der Waals surface area contributed by atoms with Crippen molar-refractivity contribution in [3.8, 4) is 0 Å². The lowest BCUT2D eigenvalue weighted by Gasteiger charge is -2.23. The Bertz CT molecular complexity index is 866. The van der Waals surface area contributed by atoms with Gasteiger partial charge in [-0.05, 0) is 37.1 Å². The smallest absolute Gasteiger partial charge is 0.252 e. The van der Waals surface area contributed by atoms with Gasteiger partial charge in [-0.15, -0.1) is 0 Å². The van der Waals surface area contributed by atoms with Crippen LogP contribution in [-0.2, 0) is 0 Å². The molecule has 1 aliphatic rings. The fourth-order valence-corrected chi connectivity index (χ4v) is 3.51. The summed E-state index contributed by atoms with van der Waals surface area (Å²) in [5.74, 6) is 0.0274. The summed E-state index contributed by atoms with van der Waals surface area (Å²) in [7, 11) is 0. The topological polar surface area (TPSA) is 42.0 Å². The summed E-state index contributed by atoms with van der Waals surface area (Å²) in [6, 6.07) is 16.2. The van der Waals surface area contributed by atoms with E-state index in [2.05, 4.69) is 16.4 Å². The zero-order valence-electron chi connectivity index (χ0n) is 13.1. The van der Waals surface area contributed by atoms with Crippen LogP contribution in [0.25, 0.3) is 21.8 Å². The van der Waals surface area contributed by atoms with E-state index in [0.29, 0.717) is 6.04 Å². The normalized spacial score (nSPS) is 15.8. The summed E-state index contributed by atoms with van der Waals surface area (Å²) >= 11 is 0. The molecule has 1 saturated carbocycles. The van der Waals surface area contributed by atoms with Gasteiger partial charge in [0.25, 0.3) is 5.91 Å². The number of nitrogens with zero attached hydrogens (tertiary/aromatic N) is 1. The number of carbonyl (C=O) groups is 1. The number of carbonyl (C=O) groups excluding carboxylic acids is 1. The molecule has 0 radical (unpaired) electrons. The number of pyridine rings is 1. The van der Waals surface area contributed by atoms with Gasteiger partial charge in [0.15, 0.2) is 0 Å². The lowest BCUT2D eigenvalue weighted by atomic mass is 9.95. The lowest BCUT2D eigenvalue weighted by molar-refractivity contribution is 0.0929. The van der Waals surface area contributed by atoms with Gasteiger partial charge < -0.3 is 5.32 Å². The van der Waals surface area contributed by atoms with E-state index in [1.165, 1.54) is 19.3 Å². The van der Waals surface area contributed by atoms with Crippen LogP contribution in [0.3, 0.4) is 0 Å². The predicted molar refractivity (Wildman–Crippen MR) is 93.6 cm³/mol. The van der Waals surface area contributed by atoms with Crippen molar-refractivity contribution in [2.45, 2.75) is 38.1 Å². The van der Waals surface area contributed by atoms with E-state index in [0.717, 1.165) is 40.2 Å². The number of benzene rings is 2. The number of hydrogen-bond donors (Lipinski definition) is 1. The highest BCUT2D eigenvalue weighted by molar-refractivity contribution is 6.08. The Morgan fingerprint density at radius 3 is 2.61 bits per heavy atom. The Kier molecular flexibility index (Phi) is 3.70. The highest BCUT2D eigenvalue weighted by Crippen LogP contribution is 2.24. The van der Waals surface area contributed by atoms with Gasteiger partial charge in [-0.25, -0.2) is 4.98 Å². The number of fused-ring (bicyclic) bond motifs is 2. The SMILES string of the molecule is O=C(NC1CCCCC1)c1cccc2nc3ccccc3cc12. The first-order valence-corrected chi connectivity index (χ1v) is 8.41. The molecule has 1 aliphatic carbocycles. The van der Waals surface area contributed by atoms with Gasteiger partial charge in [0.05, 0.1) is 11.0 Å². The van der Waals surface area contributed by atoms with Crippen LogP contribution in [-0.4, -0.2) is 16.9 Å². The number of hydrogen-bond acceptors (Lipinski definition) is 2. The van der Waals surface area contributed by atoms with Crippen molar-refractivity contribution in [3.05, 3.63) is 54.1 Å². The minimum absolute atomic E-state index is 0.0274. The molecule has 0 saturated heterocycles. The maximum Gasteiger partial charge on any atom is 0.252 e. The Hall–Kier alpha value is -2.42. The average Bonchev–Trinajstić information content (AvgIpc) is 2.60. The Balaban J connectivity index is 1.73. The van der Waals surface area contributed by atoms with E-state index >= 15 is 0 Å². The molecular weight excluding hydrogens is 284 g/mol. The quantitative estimate of drug-likeness (QED) is 0.711. The summed E-state index contributed by atoms with van der Waals surface area (Å²) in [5.41, 5.74) is 2.57. The maximum absolute atomic E-state index is 12.7. The van der Waals surface area contributed by atoms with Gasteiger partial charge in [0.1, 0.15) is 0 Å². The van der Waals surface area contributed by atoms with Crippen LogP contribution in [0.4, 0.5) is 0 Å². The van der Waals surface area contributed by atoms with Crippen molar-refractivity contribution in [1.82, 2.24) is 10.3 Å². The number of amides is 1. The molecule has 0 bridgehead atoms. The standard InChI is InChI=1S/C20H20N2O/c23-20(21-15-8-2-1-3-9-15)16-10-6-12-19-17(16)13-14-7-4-5-11-18(14)22-19/h4-7,10-13,15H,1-3,8-9H2,(H,21,23). The van der Waals surface area contributed by atoms with Gasteiger partial charge >= 0.3 is 0 Å². The van der Waals surface area contributed by atoms with E-state index in [4.69, 9.17) is 0 Å². The second-order valence-corrected chi connectivity index (χ2v) is 6.36. The van der Waals surface area contributed by atoms with Crippen LogP contribution < -0.4 is 5.32 Å². The highest BCUT2D eigenvalue weighted by Gasteiger charge is 2.18. The molecule has 1 aromatic heterocycles. The second-order valence-electron chi connectivity index (χ2n) is 6.36. The molecule has 3 nitrogen and oxygen atoms in total. The van der Waals surface area contributed by atoms with Gasteiger partial charge in [-0.2, -0.15) is 0 Å². The fourth-order valence-electron chi connectivity index (χ4n) is 3.51. The van der Waals surface area contributed by atoms with Crippen molar-refractivity contribution in [1.29, 1.82) is 0 Å². The highest BCUT2D eigenvalue weighted by atomic mass is 16.1. The third-order valence-corrected chi connectivity index (χ3v) is 4.75. The Morgan fingerprint density at radius 2 is 1.74 bits per heavy atom. The van der Waals surface area contributed by atoms with E-state index in [1.807, 2.05) is 42.5 Å².